The standard InChI is InChI=1S/C25H25NO4S/c1-3-20(25(27)28)24-22(21-9-4-5-10-23(21)31-24)15-30-26-16(2)18-7-6-8-19(13-18)29-14-17-11-12-17/h3-10,13,17H,11-12,14-15H2,1-2H3,(H,27,28). The molecule has 31 heavy (non-hydrogen) atoms. The first-order chi connectivity index (χ1) is 15.1. The van der Waals surface area contributed by atoms with Gasteiger partial charge in [-0.2, -0.15) is 0 Å². The monoisotopic (exact) mass is 435 g/mol. The highest BCUT2D eigenvalue weighted by molar-refractivity contribution is 7.20. The summed E-state index contributed by atoms with van der Waals surface area (Å²) in [5.41, 5.74) is 2.79. The van der Waals surface area contributed by atoms with E-state index < -0.39 is 5.97 Å². The largest absolute Gasteiger partial charge is 0.493 e. The number of aliphatic carboxylic acids is 1. The van der Waals surface area contributed by atoms with Gasteiger partial charge >= 0.3 is 5.97 Å². The van der Waals surface area contributed by atoms with Gasteiger partial charge in [0.05, 0.1) is 17.9 Å². The minimum absolute atomic E-state index is 0.194. The zero-order valence-electron chi connectivity index (χ0n) is 17.6. The van der Waals surface area contributed by atoms with Gasteiger partial charge in [-0.25, -0.2) is 4.79 Å². The molecule has 1 aromatic heterocycles. The van der Waals surface area contributed by atoms with Crippen LogP contribution < -0.4 is 4.74 Å². The Labute approximate surface area is 185 Å². The molecule has 0 radical (unpaired) electrons. The minimum atomic E-state index is -0.946. The number of carboxylic acids is 1. The summed E-state index contributed by atoms with van der Waals surface area (Å²) in [6, 6.07) is 15.7. The topological polar surface area (TPSA) is 68.1 Å². The van der Waals surface area contributed by atoms with E-state index in [1.165, 1.54) is 24.2 Å². The third-order valence-corrected chi connectivity index (χ3v) is 6.55. The number of carbonyl (C=O) groups is 1. The molecular formula is C25H25NO4S. The lowest BCUT2D eigenvalue weighted by Gasteiger charge is -2.08. The normalized spacial score (nSPS) is 14.6. The number of fused-ring (bicyclic) bond motifs is 1. The van der Waals surface area contributed by atoms with Crippen molar-refractivity contribution in [2.45, 2.75) is 33.3 Å². The molecule has 1 aliphatic carbocycles. The number of rotatable bonds is 9. The van der Waals surface area contributed by atoms with Crippen molar-refractivity contribution in [2.75, 3.05) is 6.61 Å². The molecule has 1 fully saturated rings. The highest BCUT2D eigenvalue weighted by atomic mass is 32.1. The van der Waals surface area contributed by atoms with E-state index in [0.717, 1.165) is 39.3 Å². The summed E-state index contributed by atoms with van der Waals surface area (Å²) in [6.07, 6.45) is 4.13. The van der Waals surface area contributed by atoms with E-state index in [9.17, 15) is 9.90 Å². The molecule has 1 aliphatic rings. The quantitative estimate of drug-likeness (QED) is 0.250. The van der Waals surface area contributed by atoms with Crippen LogP contribution in [-0.4, -0.2) is 23.4 Å². The van der Waals surface area contributed by atoms with Crippen molar-refractivity contribution in [2.24, 2.45) is 11.1 Å². The zero-order valence-corrected chi connectivity index (χ0v) is 18.4. The van der Waals surface area contributed by atoms with Gasteiger partial charge in [-0.15, -0.1) is 11.3 Å². The van der Waals surface area contributed by atoms with Crippen molar-refractivity contribution in [3.05, 3.63) is 70.6 Å². The van der Waals surface area contributed by atoms with Crippen molar-refractivity contribution in [1.29, 1.82) is 0 Å². The molecule has 0 saturated heterocycles. The number of thiophene rings is 1. The molecule has 0 amide bonds. The molecule has 4 rings (SSSR count). The van der Waals surface area contributed by atoms with E-state index in [4.69, 9.17) is 9.57 Å². The van der Waals surface area contributed by atoms with Crippen LogP contribution in [0.2, 0.25) is 0 Å². The van der Waals surface area contributed by atoms with Crippen LogP contribution in [-0.2, 0) is 16.2 Å². The lowest BCUT2D eigenvalue weighted by atomic mass is 10.1. The molecule has 0 spiro atoms. The first-order valence-corrected chi connectivity index (χ1v) is 11.2. The van der Waals surface area contributed by atoms with E-state index in [1.54, 1.807) is 13.0 Å². The molecule has 0 bridgehead atoms. The number of ether oxygens (including phenoxy) is 1. The Morgan fingerprint density at radius 3 is 2.77 bits per heavy atom. The second kappa shape index (κ2) is 9.35. The third-order valence-electron chi connectivity index (χ3n) is 5.31. The van der Waals surface area contributed by atoms with Crippen molar-refractivity contribution < 1.29 is 19.5 Å². The van der Waals surface area contributed by atoms with E-state index >= 15 is 0 Å². The molecule has 0 unspecified atom stereocenters. The lowest BCUT2D eigenvalue weighted by Crippen LogP contribution is -2.02. The Bertz CT molecular complexity index is 1160. The number of hydrogen-bond donors (Lipinski definition) is 1. The van der Waals surface area contributed by atoms with Gasteiger partial charge in [-0.1, -0.05) is 41.6 Å². The molecule has 1 saturated carbocycles. The van der Waals surface area contributed by atoms with Crippen LogP contribution in [0, 0.1) is 5.92 Å². The van der Waals surface area contributed by atoms with Crippen LogP contribution >= 0.6 is 11.3 Å². The van der Waals surface area contributed by atoms with E-state index in [2.05, 4.69) is 5.16 Å². The fourth-order valence-corrected chi connectivity index (χ4v) is 4.64. The molecular weight excluding hydrogens is 410 g/mol. The van der Waals surface area contributed by atoms with Crippen LogP contribution in [0.4, 0.5) is 0 Å². The number of carboxylic acid groups (broad SMARTS) is 1. The smallest absolute Gasteiger partial charge is 0.336 e. The van der Waals surface area contributed by atoms with Gasteiger partial charge in [0.25, 0.3) is 0 Å². The Morgan fingerprint density at radius 1 is 1.23 bits per heavy atom. The minimum Gasteiger partial charge on any atom is -0.493 e. The number of nitrogens with zero attached hydrogens (tertiary/aromatic N) is 1. The molecule has 5 nitrogen and oxygen atoms in total. The molecule has 1 heterocycles. The van der Waals surface area contributed by atoms with Crippen LogP contribution in [0.25, 0.3) is 15.7 Å². The SMILES string of the molecule is CC=C(C(=O)O)c1sc2ccccc2c1CON=C(C)c1cccc(OCC2CC2)c1. The zero-order chi connectivity index (χ0) is 21.8. The Morgan fingerprint density at radius 2 is 2.03 bits per heavy atom. The summed E-state index contributed by atoms with van der Waals surface area (Å²) in [5.74, 6) is 0.589. The molecule has 1 N–H and O–H groups in total. The van der Waals surface area contributed by atoms with Crippen molar-refractivity contribution in [1.82, 2.24) is 0 Å². The molecule has 2 aromatic carbocycles. The first kappa shape index (κ1) is 21.1. The van der Waals surface area contributed by atoms with Crippen molar-refractivity contribution in [3.63, 3.8) is 0 Å². The summed E-state index contributed by atoms with van der Waals surface area (Å²) in [5, 5.41) is 14.9. The van der Waals surface area contributed by atoms with Gasteiger partial charge in [0.2, 0.25) is 0 Å². The number of oxime groups is 1. The third kappa shape index (κ3) is 4.97. The Kier molecular flexibility index (Phi) is 6.37. The summed E-state index contributed by atoms with van der Waals surface area (Å²) in [6.45, 7) is 4.58. The van der Waals surface area contributed by atoms with Crippen molar-refractivity contribution >= 4 is 38.7 Å². The fourth-order valence-electron chi connectivity index (χ4n) is 3.37. The predicted octanol–water partition coefficient (Wildman–Crippen LogP) is 6.12. The van der Waals surface area contributed by atoms with Crippen LogP contribution in [0.1, 0.15) is 42.7 Å². The van der Waals surface area contributed by atoms with Gasteiger partial charge in [0.15, 0.2) is 0 Å². The van der Waals surface area contributed by atoms with E-state index in [1.807, 2.05) is 55.5 Å². The maximum Gasteiger partial charge on any atom is 0.336 e. The summed E-state index contributed by atoms with van der Waals surface area (Å²) in [7, 11) is 0. The molecule has 3 aromatic rings. The lowest BCUT2D eigenvalue weighted by molar-refractivity contribution is -0.130. The van der Waals surface area contributed by atoms with Crippen LogP contribution in [0.15, 0.2) is 59.8 Å². The summed E-state index contributed by atoms with van der Waals surface area (Å²) in [4.78, 5) is 18.1. The predicted molar refractivity (Wildman–Crippen MR) is 125 cm³/mol. The maximum absolute atomic E-state index is 11.7. The van der Waals surface area contributed by atoms with Crippen LogP contribution in [0.5, 0.6) is 5.75 Å². The fraction of sp³-hybridized carbons (Fsp3) is 0.280. The summed E-state index contributed by atoms with van der Waals surface area (Å²) < 4.78 is 6.88. The second-order valence-corrected chi connectivity index (χ2v) is 8.70. The highest BCUT2D eigenvalue weighted by Gasteiger charge is 2.22. The van der Waals surface area contributed by atoms with Gasteiger partial charge in [-0.05, 0) is 56.2 Å². The number of benzene rings is 2. The Hall–Kier alpha value is -3.12. The molecule has 6 heteroatoms. The molecule has 0 atom stereocenters. The van der Waals surface area contributed by atoms with Gasteiger partial charge in [0, 0.05) is 20.7 Å². The Balaban J connectivity index is 1.53. The molecule has 0 aliphatic heterocycles. The molecule has 160 valence electrons. The van der Waals surface area contributed by atoms with E-state index in [-0.39, 0.29) is 12.2 Å². The average molecular weight is 436 g/mol. The van der Waals surface area contributed by atoms with Crippen molar-refractivity contribution in [3.8, 4) is 5.75 Å². The van der Waals surface area contributed by atoms with Gasteiger partial charge < -0.3 is 14.7 Å². The average Bonchev–Trinajstić information content (AvgIpc) is 3.54. The number of allylic oxidation sites excluding steroid dienone is 1. The summed E-state index contributed by atoms with van der Waals surface area (Å²) >= 11 is 1.46. The van der Waals surface area contributed by atoms with Crippen LogP contribution in [0.3, 0.4) is 0 Å². The second-order valence-electron chi connectivity index (χ2n) is 7.65. The maximum atomic E-state index is 11.7. The number of hydrogen-bond acceptors (Lipinski definition) is 5. The highest BCUT2D eigenvalue weighted by Crippen LogP contribution is 2.36. The van der Waals surface area contributed by atoms with Gasteiger partial charge in [-0.3, -0.25) is 0 Å². The first-order valence-electron chi connectivity index (χ1n) is 10.4. The van der Waals surface area contributed by atoms with E-state index in [0.29, 0.717) is 10.8 Å². The van der Waals surface area contributed by atoms with Gasteiger partial charge in [0.1, 0.15) is 12.4 Å².